The lowest BCUT2D eigenvalue weighted by atomic mass is 10.2. The average molecular weight is 279 g/mol. The third-order valence-corrected chi connectivity index (χ3v) is 2.90. The maximum Gasteiger partial charge on any atom is 0.271 e. The lowest BCUT2D eigenvalue weighted by Gasteiger charge is -2.08. The predicted molar refractivity (Wildman–Crippen MR) is 73.5 cm³/mol. The number of hydrogen-bond donors (Lipinski definition) is 2. The van der Waals surface area contributed by atoms with E-state index in [1.54, 1.807) is 30.3 Å². The molecule has 0 heterocycles. The first-order valence-corrected chi connectivity index (χ1v) is 5.90. The summed E-state index contributed by atoms with van der Waals surface area (Å²) in [5.41, 5.74) is 1.55. The molecule has 0 aliphatic carbocycles. The van der Waals surface area contributed by atoms with Gasteiger partial charge >= 0.3 is 0 Å². The van der Waals surface area contributed by atoms with Crippen molar-refractivity contribution in [2.75, 3.05) is 5.32 Å². The number of nitro groups is 1. The number of hydrogen-bond acceptors (Lipinski definition) is 4. The Morgan fingerprint density at radius 2 is 1.89 bits per heavy atom. The number of rotatable bonds is 4. The Balaban J connectivity index is 2.07. The van der Waals surface area contributed by atoms with Gasteiger partial charge in [0.25, 0.3) is 5.69 Å². The van der Waals surface area contributed by atoms with Crippen molar-refractivity contribution >= 4 is 23.0 Å². The van der Waals surface area contributed by atoms with Crippen LogP contribution in [0.2, 0.25) is 5.02 Å². The fourth-order valence-electron chi connectivity index (χ4n) is 1.57. The summed E-state index contributed by atoms with van der Waals surface area (Å²) in [6, 6.07) is 11.0. The quantitative estimate of drug-likeness (QED) is 0.662. The lowest BCUT2D eigenvalue weighted by molar-refractivity contribution is -0.384. The molecule has 0 aromatic heterocycles. The van der Waals surface area contributed by atoms with Gasteiger partial charge in [0.1, 0.15) is 5.75 Å². The fourth-order valence-corrected chi connectivity index (χ4v) is 1.81. The Morgan fingerprint density at radius 1 is 1.21 bits per heavy atom. The first-order chi connectivity index (χ1) is 9.06. The molecule has 2 aromatic rings. The standard InChI is InChI=1S/C13H11ClN2O3/c14-12-7-10(16(18)19)3-6-13(12)15-8-9-1-4-11(17)5-2-9/h1-7,15,17H,8H2. The minimum absolute atomic E-state index is 0.0415. The molecule has 0 fully saturated rings. The highest BCUT2D eigenvalue weighted by atomic mass is 35.5. The summed E-state index contributed by atoms with van der Waals surface area (Å²) in [6.07, 6.45) is 0. The van der Waals surface area contributed by atoms with Crippen LogP contribution in [0.15, 0.2) is 42.5 Å². The number of aromatic hydroxyl groups is 1. The number of nitrogens with zero attached hydrogens (tertiary/aromatic N) is 1. The lowest BCUT2D eigenvalue weighted by Crippen LogP contribution is -2.00. The molecule has 0 saturated carbocycles. The number of anilines is 1. The van der Waals surface area contributed by atoms with Gasteiger partial charge in [-0.2, -0.15) is 0 Å². The van der Waals surface area contributed by atoms with Crippen molar-refractivity contribution in [3.8, 4) is 5.75 Å². The second-order valence-electron chi connectivity index (χ2n) is 3.94. The van der Waals surface area contributed by atoms with Crippen LogP contribution < -0.4 is 5.32 Å². The van der Waals surface area contributed by atoms with Crippen LogP contribution in [0, 0.1) is 10.1 Å². The fraction of sp³-hybridized carbons (Fsp3) is 0.0769. The van der Waals surface area contributed by atoms with E-state index < -0.39 is 4.92 Å². The van der Waals surface area contributed by atoms with Crippen LogP contribution in [0.25, 0.3) is 0 Å². The molecule has 0 spiro atoms. The minimum Gasteiger partial charge on any atom is -0.508 e. The van der Waals surface area contributed by atoms with Gasteiger partial charge in [-0.15, -0.1) is 0 Å². The van der Waals surface area contributed by atoms with Crippen molar-refractivity contribution in [2.24, 2.45) is 0 Å². The summed E-state index contributed by atoms with van der Waals surface area (Å²) in [7, 11) is 0. The van der Waals surface area contributed by atoms with Gasteiger partial charge in [-0.1, -0.05) is 23.7 Å². The molecule has 0 bridgehead atoms. The Morgan fingerprint density at radius 3 is 2.47 bits per heavy atom. The van der Waals surface area contributed by atoms with Gasteiger partial charge in [0.2, 0.25) is 0 Å². The molecule has 2 rings (SSSR count). The van der Waals surface area contributed by atoms with Gasteiger partial charge in [0, 0.05) is 18.7 Å². The van der Waals surface area contributed by atoms with E-state index in [0.717, 1.165) is 5.56 Å². The molecular formula is C13H11ClN2O3. The maximum absolute atomic E-state index is 10.6. The second kappa shape index (κ2) is 5.58. The number of nitrogens with one attached hydrogen (secondary N) is 1. The number of benzene rings is 2. The van der Waals surface area contributed by atoms with Crippen molar-refractivity contribution in [1.29, 1.82) is 0 Å². The normalized spacial score (nSPS) is 10.2. The number of non-ortho nitro benzene ring substituents is 1. The average Bonchev–Trinajstić information content (AvgIpc) is 2.39. The Bertz CT molecular complexity index is 599. The van der Waals surface area contributed by atoms with Crippen molar-refractivity contribution in [1.82, 2.24) is 0 Å². The van der Waals surface area contributed by atoms with E-state index in [1.807, 2.05) is 0 Å². The summed E-state index contributed by atoms with van der Waals surface area (Å²) in [5.74, 6) is 0.206. The van der Waals surface area contributed by atoms with E-state index in [0.29, 0.717) is 17.3 Å². The van der Waals surface area contributed by atoms with E-state index in [2.05, 4.69) is 5.32 Å². The van der Waals surface area contributed by atoms with Gasteiger partial charge in [0.05, 0.1) is 15.6 Å². The summed E-state index contributed by atoms with van der Waals surface area (Å²) >= 11 is 5.96. The SMILES string of the molecule is O=[N+]([O-])c1ccc(NCc2ccc(O)cc2)c(Cl)c1. The third kappa shape index (κ3) is 3.35. The topological polar surface area (TPSA) is 75.4 Å². The van der Waals surface area contributed by atoms with Crippen LogP contribution in [0.4, 0.5) is 11.4 Å². The first kappa shape index (κ1) is 13.2. The molecular weight excluding hydrogens is 268 g/mol. The summed E-state index contributed by atoms with van der Waals surface area (Å²) in [5, 5.41) is 23.1. The number of nitro benzene ring substituents is 1. The third-order valence-electron chi connectivity index (χ3n) is 2.58. The van der Waals surface area contributed by atoms with E-state index in [4.69, 9.17) is 16.7 Å². The van der Waals surface area contributed by atoms with Crippen molar-refractivity contribution in [2.45, 2.75) is 6.54 Å². The van der Waals surface area contributed by atoms with Crippen LogP contribution in [-0.4, -0.2) is 10.0 Å². The number of phenols is 1. The van der Waals surface area contributed by atoms with Crippen molar-refractivity contribution < 1.29 is 10.0 Å². The Kier molecular flexibility index (Phi) is 3.87. The van der Waals surface area contributed by atoms with E-state index >= 15 is 0 Å². The van der Waals surface area contributed by atoms with E-state index in [-0.39, 0.29) is 11.4 Å². The summed E-state index contributed by atoms with van der Waals surface area (Å²) in [4.78, 5) is 10.1. The summed E-state index contributed by atoms with van der Waals surface area (Å²) < 4.78 is 0. The second-order valence-corrected chi connectivity index (χ2v) is 4.35. The van der Waals surface area contributed by atoms with Gasteiger partial charge in [-0.3, -0.25) is 10.1 Å². The molecule has 5 nitrogen and oxygen atoms in total. The van der Waals surface area contributed by atoms with Crippen LogP contribution in [-0.2, 0) is 6.54 Å². The van der Waals surface area contributed by atoms with Crippen LogP contribution in [0.5, 0.6) is 5.75 Å². The number of phenolic OH excluding ortho intramolecular Hbond substituents is 1. The highest BCUT2D eigenvalue weighted by Gasteiger charge is 2.08. The molecule has 2 aromatic carbocycles. The van der Waals surface area contributed by atoms with E-state index in [9.17, 15) is 10.1 Å². The summed E-state index contributed by atoms with van der Waals surface area (Å²) in [6.45, 7) is 0.512. The smallest absolute Gasteiger partial charge is 0.271 e. The van der Waals surface area contributed by atoms with Crippen molar-refractivity contribution in [3.05, 3.63) is 63.2 Å². The molecule has 2 N–H and O–H groups in total. The Labute approximate surface area is 114 Å². The van der Waals surface area contributed by atoms with Gasteiger partial charge < -0.3 is 10.4 Å². The Hall–Kier alpha value is -2.27. The molecule has 0 saturated heterocycles. The van der Waals surface area contributed by atoms with Gasteiger partial charge in [0.15, 0.2) is 0 Å². The van der Waals surface area contributed by atoms with Crippen molar-refractivity contribution in [3.63, 3.8) is 0 Å². The van der Waals surface area contributed by atoms with Crippen LogP contribution in [0.1, 0.15) is 5.56 Å². The highest BCUT2D eigenvalue weighted by molar-refractivity contribution is 6.33. The number of halogens is 1. The van der Waals surface area contributed by atoms with Gasteiger partial charge in [-0.25, -0.2) is 0 Å². The first-order valence-electron chi connectivity index (χ1n) is 5.52. The molecule has 0 amide bonds. The zero-order valence-electron chi connectivity index (χ0n) is 9.84. The molecule has 0 aliphatic heterocycles. The predicted octanol–water partition coefficient (Wildman–Crippen LogP) is 3.57. The monoisotopic (exact) mass is 278 g/mol. The maximum atomic E-state index is 10.6. The molecule has 0 radical (unpaired) electrons. The van der Waals surface area contributed by atoms with Crippen LogP contribution in [0.3, 0.4) is 0 Å². The van der Waals surface area contributed by atoms with Gasteiger partial charge in [-0.05, 0) is 23.8 Å². The molecule has 6 heteroatoms. The molecule has 98 valence electrons. The molecule has 0 aliphatic rings. The largest absolute Gasteiger partial charge is 0.508 e. The van der Waals surface area contributed by atoms with E-state index in [1.165, 1.54) is 12.1 Å². The molecule has 0 atom stereocenters. The zero-order valence-corrected chi connectivity index (χ0v) is 10.6. The zero-order chi connectivity index (χ0) is 13.8. The van der Waals surface area contributed by atoms with Crippen LogP contribution >= 0.6 is 11.6 Å². The highest BCUT2D eigenvalue weighted by Crippen LogP contribution is 2.27. The molecule has 19 heavy (non-hydrogen) atoms. The minimum atomic E-state index is -0.490. The molecule has 0 unspecified atom stereocenters.